The lowest BCUT2D eigenvalue weighted by Gasteiger charge is -2.05. The quantitative estimate of drug-likeness (QED) is 0.821. The van der Waals surface area contributed by atoms with Gasteiger partial charge in [-0.1, -0.05) is 24.3 Å². The van der Waals surface area contributed by atoms with Crippen LogP contribution in [0.15, 0.2) is 58.3 Å². The molecule has 0 heterocycles. The topological polar surface area (TPSA) is 34.1 Å². The molecule has 0 aliphatic heterocycles. The number of hydrogen-bond donors (Lipinski definition) is 0. The number of hydrogen-bond acceptors (Lipinski definition) is 2. The standard InChI is InChI=1S/C13H11FO2S/c1-10-7-8-12(9-13(10)14)17(15,16)11-5-3-2-4-6-11/h2-9H,1H3. The van der Waals surface area contributed by atoms with Gasteiger partial charge in [-0.15, -0.1) is 0 Å². The normalized spacial score (nSPS) is 11.4. The lowest BCUT2D eigenvalue weighted by Crippen LogP contribution is -2.02. The molecular formula is C13H11FO2S. The van der Waals surface area contributed by atoms with Crippen molar-refractivity contribution < 1.29 is 12.8 Å². The van der Waals surface area contributed by atoms with Gasteiger partial charge in [0.1, 0.15) is 5.82 Å². The van der Waals surface area contributed by atoms with Crippen molar-refractivity contribution in [2.24, 2.45) is 0 Å². The maximum atomic E-state index is 13.4. The summed E-state index contributed by atoms with van der Waals surface area (Å²) >= 11 is 0. The lowest BCUT2D eigenvalue weighted by atomic mass is 10.2. The molecule has 0 amide bonds. The van der Waals surface area contributed by atoms with E-state index < -0.39 is 15.7 Å². The number of aryl methyl sites for hydroxylation is 1. The molecular weight excluding hydrogens is 239 g/mol. The van der Waals surface area contributed by atoms with E-state index in [1.807, 2.05) is 0 Å². The van der Waals surface area contributed by atoms with Crippen LogP contribution in [0.2, 0.25) is 0 Å². The third-order valence-corrected chi connectivity index (χ3v) is 4.27. The minimum absolute atomic E-state index is 0.0215. The second-order valence-corrected chi connectivity index (χ2v) is 5.68. The maximum absolute atomic E-state index is 13.4. The van der Waals surface area contributed by atoms with E-state index in [1.54, 1.807) is 25.1 Å². The summed E-state index contributed by atoms with van der Waals surface area (Å²) in [6, 6.07) is 11.9. The number of halogens is 1. The number of sulfone groups is 1. The summed E-state index contributed by atoms with van der Waals surface area (Å²) in [5, 5.41) is 0. The van der Waals surface area contributed by atoms with Crippen molar-refractivity contribution in [3.8, 4) is 0 Å². The minimum Gasteiger partial charge on any atom is -0.219 e. The summed E-state index contributed by atoms with van der Waals surface area (Å²) in [6.07, 6.45) is 0. The predicted molar refractivity (Wildman–Crippen MR) is 63.0 cm³/mol. The highest BCUT2D eigenvalue weighted by molar-refractivity contribution is 7.91. The van der Waals surface area contributed by atoms with Gasteiger partial charge in [0.2, 0.25) is 9.84 Å². The van der Waals surface area contributed by atoms with Crippen molar-refractivity contribution in [1.29, 1.82) is 0 Å². The first kappa shape index (κ1) is 11.8. The van der Waals surface area contributed by atoms with Crippen LogP contribution in [0, 0.1) is 12.7 Å². The Bertz CT molecular complexity index is 634. The lowest BCUT2D eigenvalue weighted by molar-refractivity contribution is 0.589. The van der Waals surface area contributed by atoms with Gasteiger partial charge in [0, 0.05) is 0 Å². The van der Waals surface area contributed by atoms with Gasteiger partial charge in [-0.25, -0.2) is 12.8 Å². The Morgan fingerprint density at radius 2 is 1.59 bits per heavy atom. The summed E-state index contributed by atoms with van der Waals surface area (Å²) in [4.78, 5) is 0.148. The largest absolute Gasteiger partial charge is 0.219 e. The van der Waals surface area contributed by atoms with Crippen LogP contribution in [-0.2, 0) is 9.84 Å². The van der Waals surface area contributed by atoms with E-state index in [0.717, 1.165) is 6.07 Å². The second kappa shape index (κ2) is 4.30. The molecule has 0 aliphatic rings. The SMILES string of the molecule is Cc1ccc(S(=O)(=O)c2ccccc2)cc1F. The average Bonchev–Trinajstić information content (AvgIpc) is 2.33. The molecule has 0 aromatic heterocycles. The van der Waals surface area contributed by atoms with Gasteiger partial charge in [0.25, 0.3) is 0 Å². The summed E-state index contributed by atoms with van der Waals surface area (Å²) in [7, 11) is -3.62. The first-order chi connectivity index (χ1) is 8.01. The van der Waals surface area contributed by atoms with Crippen molar-refractivity contribution in [1.82, 2.24) is 0 Å². The molecule has 2 nitrogen and oxygen atoms in total. The molecule has 0 spiro atoms. The van der Waals surface area contributed by atoms with Crippen molar-refractivity contribution in [3.05, 3.63) is 59.9 Å². The Morgan fingerprint density at radius 1 is 0.941 bits per heavy atom. The maximum Gasteiger partial charge on any atom is 0.206 e. The zero-order valence-electron chi connectivity index (χ0n) is 9.22. The van der Waals surface area contributed by atoms with Crippen LogP contribution < -0.4 is 0 Å². The van der Waals surface area contributed by atoms with Crippen LogP contribution in [0.5, 0.6) is 0 Å². The summed E-state index contributed by atoms with van der Waals surface area (Å²) in [5.74, 6) is -0.512. The van der Waals surface area contributed by atoms with Crippen LogP contribution in [0.25, 0.3) is 0 Å². The zero-order chi connectivity index (χ0) is 12.5. The molecule has 0 bridgehead atoms. The summed E-state index contributed by atoms with van der Waals surface area (Å²) < 4.78 is 37.6. The van der Waals surface area contributed by atoms with Crippen molar-refractivity contribution in [2.45, 2.75) is 16.7 Å². The molecule has 0 saturated carbocycles. The molecule has 2 rings (SSSR count). The molecule has 4 heteroatoms. The van der Waals surface area contributed by atoms with Crippen molar-refractivity contribution >= 4 is 9.84 Å². The van der Waals surface area contributed by atoms with Gasteiger partial charge < -0.3 is 0 Å². The van der Waals surface area contributed by atoms with Crippen LogP contribution in [0.3, 0.4) is 0 Å². The molecule has 17 heavy (non-hydrogen) atoms. The van der Waals surface area contributed by atoms with Crippen LogP contribution >= 0.6 is 0 Å². The van der Waals surface area contributed by atoms with Crippen LogP contribution in [0.1, 0.15) is 5.56 Å². The Balaban J connectivity index is 2.57. The highest BCUT2D eigenvalue weighted by atomic mass is 32.2. The van der Waals surface area contributed by atoms with E-state index in [1.165, 1.54) is 24.3 Å². The van der Waals surface area contributed by atoms with Gasteiger partial charge in [0.05, 0.1) is 9.79 Å². The predicted octanol–water partition coefficient (Wildman–Crippen LogP) is 2.97. The van der Waals surface area contributed by atoms with E-state index in [9.17, 15) is 12.8 Å². The van der Waals surface area contributed by atoms with Gasteiger partial charge >= 0.3 is 0 Å². The first-order valence-corrected chi connectivity index (χ1v) is 6.56. The Morgan fingerprint density at radius 3 is 2.18 bits per heavy atom. The molecule has 0 aliphatic carbocycles. The molecule has 0 radical (unpaired) electrons. The third kappa shape index (κ3) is 2.22. The van der Waals surface area contributed by atoms with Crippen LogP contribution in [-0.4, -0.2) is 8.42 Å². The molecule has 0 atom stereocenters. The average molecular weight is 250 g/mol. The summed E-state index contributed by atoms with van der Waals surface area (Å²) in [6.45, 7) is 1.59. The van der Waals surface area contributed by atoms with Crippen molar-refractivity contribution in [3.63, 3.8) is 0 Å². The van der Waals surface area contributed by atoms with Gasteiger partial charge in [-0.05, 0) is 36.8 Å². The summed E-state index contributed by atoms with van der Waals surface area (Å²) in [5.41, 5.74) is 0.428. The first-order valence-electron chi connectivity index (χ1n) is 5.08. The molecule has 0 unspecified atom stereocenters. The monoisotopic (exact) mass is 250 g/mol. The van der Waals surface area contributed by atoms with E-state index in [4.69, 9.17) is 0 Å². The highest BCUT2D eigenvalue weighted by Crippen LogP contribution is 2.22. The minimum atomic E-state index is -3.62. The van der Waals surface area contributed by atoms with E-state index in [0.29, 0.717) is 5.56 Å². The molecule has 0 saturated heterocycles. The third-order valence-electron chi connectivity index (χ3n) is 2.51. The fraction of sp³-hybridized carbons (Fsp3) is 0.0769. The van der Waals surface area contributed by atoms with Gasteiger partial charge in [-0.2, -0.15) is 0 Å². The van der Waals surface area contributed by atoms with Gasteiger partial charge in [-0.3, -0.25) is 0 Å². The number of benzene rings is 2. The molecule has 88 valence electrons. The van der Waals surface area contributed by atoms with Gasteiger partial charge in [0.15, 0.2) is 0 Å². The van der Waals surface area contributed by atoms with Crippen molar-refractivity contribution in [2.75, 3.05) is 0 Å². The molecule has 2 aromatic rings. The van der Waals surface area contributed by atoms with E-state index in [2.05, 4.69) is 0 Å². The van der Waals surface area contributed by atoms with E-state index in [-0.39, 0.29) is 9.79 Å². The highest BCUT2D eigenvalue weighted by Gasteiger charge is 2.17. The number of rotatable bonds is 2. The Hall–Kier alpha value is -1.68. The Kier molecular flexibility index (Phi) is 2.98. The molecule has 0 N–H and O–H groups in total. The zero-order valence-corrected chi connectivity index (χ0v) is 10.0. The fourth-order valence-corrected chi connectivity index (χ4v) is 2.77. The second-order valence-electron chi connectivity index (χ2n) is 3.73. The molecule has 2 aromatic carbocycles. The smallest absolute Gasteiger partial charge is 0.206 e. The van der Waals surface area contributed by atoms with Crippen LogP contribution in [0.4, 0.5) is 4.39 Å². The molecule has 0 fully saturated rings. The van der Waals surface area contributed by atoms with E-state index >= 15 is 0 Å². The Labute approximate surface area is 99.6 Å². The fourth-order valence-electron chi connectivity index (χ4n) is 1.48.